The van der Waals surface area contributed by atoms with E-state index >= 15 is 0 Å². The lowest BCUT2D eigenvalue weighted by Gasteiger charge is -2.21. The van der Waals surface area contributed by atoms with Gasteiger partial charge in [-0.15, -0.1) is 0 Å². The van der Waals surface area contributed by atoms with E-state index < -0.39 is 0 Å². The van der Waals surface area contributed by atoms with E-state index in [-0.39, 0.29) is 17.6 Å². The molecular weight excluding hydrogens is 352 g/mol. The lowest BCUT2D eigenvalue weighted by molar-refractivity contribution is -0.117. The van der Waals surface area contributed by atoms with E-state index in [0.29, 0.717) is 18.6 Å². The van der Waals surface area contributed by atoms with E-state index in [4.69, 9.17) is 4.74 Å². The first kappa shape index (κ1) is 18.7. The van der Waals surface area contributed by atoms with Crippen molar-refractivity contribution >= 4 is 16.7 Å². The molecule has 1 aliphatic carbocycles. The third-order valence-corrected chi connectivity index (χ3v) is 5.57. The summed E-state index contributed by atoms with van der Waals surface area (Å²) in [5.41, 5.74) is 2.89. The Morgan fingerprint density at radius 3 is 2.64 bits per heavy atom. The summed E-state index contributed by atoms with van der Waals surface area (Å²) in [4.78, 5) is 11.7. The van der Waals surface area contributed by atoms with Gasteiger partial charge in [-0.25, -0.2) is 0 Å². The maximum Gasteiger partial charge on any atom is 0.133 e. The Hall–Kier alpha value is -2.63. The van der Waals surface area contributed by atoms with Crippen molar-refractivity contribution in [1.29, 1.82) is 0 Å². The third kappa shape index (κ3) is 3.55. The first-order chi connectivity index (χ1) is 13.2. The highest BCUT2D eigenvalue weighted by molar-refractivity contribution is 5.89. The average Bonchev–Trinajstić information content (AvgIpc) is 3.32. The minimum absolute atomic E-state index is 0.0117. The smallest absolute Gasteiger partial charge is 0.133 e. The minimum Gasteiger partial charge on any atom is -0.490 e. The fourth-order valence-electron chi connectivity index (χ4n) is 3.85. The molecule has 0 unspecified atom stereocenters. The lowest BCUT2D eigenvalue weighted by Crippen LogP contribution is -2.22. The van der Waals surface area contributed by atoms with Gasteiger partial charge < -0.3 is 4.74 Å². The summed E-state index contributed by atoms with van der Waals surface area (Å²) in [5.74, 6) is 1.44. The molecule has 148 valence electrons. The Balaban J connectivity index is 1.71. The summed E-state index contributed by atoms with van der Waals surface area (Å²) in [6.07, 6.45) is 8.13. The van der Waals surface area contributed by atoms with Gasteiger partial charge in [0.05, 0.1) is 28.7 Å². The van der Waals surface area contributed by atoms with Crippen molar-refractivity contribution in [2.75, 3.05) is 0 Å². The Bertz CT molecular complexity index is 1030. The number of hydrogen-bond donors (Lipinski definition) is 0. The van der Waals surface area contributed by atoms with E-state index in [1.165, 1.54) is 0 Å². The number of benzene rings is 1. The fourth-order valence-corrected chi connectivity index (χ4v) is 3.85. The van der Waals surface area contributed by atoms with Crippen molar-refractivity contribution < 1.29 is 9.53 Å². The van der Waals surface area contributed by atoms with E-state index in [1.807, 2.05) is 28.8 Å². The van der Waals surface area contributed by atoms with Crippen LogP contribution >= 0.6 is 0 Å². The van der Waals surface area contributed by atoms with Gasteiger partial charge in [0.1, 0.15) is 11.5 Å². The molecule has 0 radical (unpaired) electrons. The molecule has 2 heterocycles. The highest BCUT2D eigenvalue weighted by atomic mass is 16.5. The monoisotopic (exact) mass is 380 g/mol. The van der Waals surface area contributed by atoms with Gasteiger partial charge in [-0.1, -0.05) is 0 Å². The fraction of sp³-hybridized carbons (Fsp3) is 0.500. The predicted octanol–water partition coefficient (Wildman–Crippen LogP) is 4.33. The van der Waals surface area contributed by atoms with Crippen LogP contribution < -0.4 is 4.74 Å². The molecule has 28 heavy (non-hydrogen) atoms. The highest BCUT2D eigenvalue weighted by Crippen LogP contribution is 2.35. The number of aromatic nitrogens is 4. The summed E-state index contributed by atoms with van der Waals surface area (Å²) < 4.78 is 10.2. The van der Waals surface area contributed by atoms with Crippen LogP contribution in [-0.2, 0) is 17.4 Å². The summed E-state index contributed by atoms with van der Waals surface area (Å²) in [6, 6.07) is 4.15. The molecule has 1 aliphatic rings. The second kappa shape index (κ2) is 6.76. The second-order valence-corrected chi connectivity index (χ2v) is 8.92. The SMILES string of the molecule is C[C@@H](Oc1cc(-c2cnn(C(C)(C)C)c2)cc2nn(C)cc12)[C@H]1CCC(=O)C1. The number of Topliss-reactive ketones (excluding diaryl/α,β-unsaturated/α-hetero) is 1. The molecule has 0 amide bonds. The lowest BCUT2D eigenvalue weighted by atomic mass is 10.0. The predicted molar refractivity (Wildman–Crippen MR) is 109 cm³/mol. The number of rotatable bonds is 4. The van der Waals surface area contributed by atoms with Crippen molar-refractivity contribution in [1.82, 2.24) is 19.6 Å². The van der Waals surface area contributed by atoms with Crippen LogP contribution in [0.3, 0.4) is 0 Å². The molecule has 6 nitrogen and oxygen atoms in total. The van der Waals surface area contributed by atoms with Gasteiger partial charge in [0.2, 0.25) is 0 Å². The molecule has 0 aliphatic heterocycles. The van der Waals surface area contributed by atoms with Crippen LogP contribution in [-0.4, -0.2) is 31.4 Å². The average molecular weight is 380 g/mol. The van der Waals surface area contributed by atoms with Crippen molar-refractivity contribution in [3.8, 4) is 16.9 Å². The summed E-state index contributed by atoms with van der Waals surface area (Å²) in [6.45, 7) is 8.45. The molecule has 0 saturated heterocycles. The van der Waals surface area contributed by atoms with Crippen LogP contribution in [0.25, 0.3) is 22.0 Å². The number of carbonyl (C=O) groups is 1. The number of hydrogen-bond acceptors (Lipinski definition) is 4. The van der Waals surface area contributed by atoms with Crippen molar-refractivity contribution in [2.45, 2.75) is 58.6 Å². The first-order valence-corrected chi connectivity index (χ1v) is 9.92. The Kier molecular flexibility index (Phi) is 4.52. The molecule has 1 aromatic carbocycles. The Morgan fingerprint density at radius 1 is 1.21 bits per heavy atom. The Labute approximate surface area is 165 Å². The van der Waals surface area contributed by atoms with Gasteiger partial charge in [0.25, 0.3) is 0 Å². The minimum atomic E-state index is -0.0732. The molecule has 1 saturated carbocycles. The molecule has 4 rings (SSSR count). The Morgan fingerprint density at radius 2 is 2.00 bits per heavy atom. The van der Waals surface area contributed by atoms with Crippen LogP contribution in [0.2, 0.25) is 0 Å². The normalized spacial score (nSPS) is 18.8. The highest BCUT2D eigenvalue weighted by Gasteiger charge is 2.29. The summed E-state index contributed by atoms with van der Waals surface area (Å²) in [5, 5.41) is 10.1. The van der Waals surface area contributed by atoms with Crippen LogP contribution in [0.4, 0.5) is 0 Å². The number of carbonyl (C=O) groups excluding carboxylic acids is 1. The number of ether oxygens (including phenoxy) is 1. The molecule has 6 heteroatoms. The first-order valence-electron chi connectivity index (χ1n) is 9.92. The van der Waals surface area contributed by atoms with Crippen LogP contribution in [0.15, 0.2) is 30.7 Å². The van der Waals surface area contributed by atoms with Crippen molar-refractivity contribution in [2.24, 2.45) is 13.0 Å². The molecular formula is C22H28N4O2. The maximum absolute atomic E-state index is 11.7. The molecule has 3 aromatic rings. The molecule has 0 spiro atoms. The van der Waals surface area contributed by atoms with Gasteiger partial charge in [-0.3, -0.25) is 14.2 Å². The largest absolute Gasteiger partial charge is 0.490 e. The van der Waals surface area contributed by atoms with Crippen LogP contribution in [0, 0.1) is 5.92 Å². The third-order valence-electron chi connectivity index (χ3n) is 5.57. The topological polar surface area (TPSA) is 61.9 Å². The van der Waals surface area contributed by atoms with Gasteiger partial charge >= 0.3 is 0 Å². The quantitative estimate of drug-likeness (QED) is 0.676. The zero-order valence-corrected chi connectivity index (χ0v) is 17.3. The van der Waals surface area contributed by atoms with E-state index in [0.717, 1.165) is 34.2 Å². The molecule has 0 N–H and O–H groups in total. The van der Waals surface area contributed by atoms with Crippen LogP contribution in [0.1, 0.15) is 47.0 Å². The van der Waals surface area contributed by atoms with Gasteiger partial charge in [-0.2, -0.15) is 10.2 Å². The molecule has 2 aromatic heterocycles. The van der Waals surface area contributed by atoms with Crippen molar-refractivity contribution in [3.63, 3.8) is 0 Å². The van der Waals surface area contributed by atoms with E-state index in [9.17, 15) is 4.79 Å². The van der Waals surface area contributed by atoms with Gasteiger partial charge in [-0.05, 0) is 51.8 Å². The van der Waals surface area contributed by atoms with Crippen molar-refractivity contribution in [3.05, 3.63) is 30.7 Å². The number of aryl methyl sites for hydroxylation is 1. The number of fused-ring (bicyclic) bond motifs is 1. The standard InChI is InChI=1S/C22H28N4O2/c1-14(15-6-7-18(27)8-15)28-21-10-16(9-20-19(21)13-25(5)24-20)17-11-23-26(12-17)22(2,3)4/h9-15H,6-8H2,1-5H3/t14-,15+/m1/s1. The molecule has 2 atom stereocenters. The number of ketones is 1. The van der Waals surface area contributed by atoms with E-state index in [2.05, 4.69) is 56.2 Å². The van der Waals surface area contributed by atoms with Gasteiger partial charge in [0.15, 0.2) is 0 Å². The maximum atomic E-state index is 11.7. The second-order valence-electron chi connectivity index (χ2n) is 8.92. The molecule has 1 fully saturated rings. The van der Waals surface area contributed by atoms with Crippen LogP contribution in [0.5, 0.6) is 5.75 Å². The van der Waals surface area contributed by atoms with Gasteiger partial charge in [0, 0.05) is 43.8 Å². The molecule has 0 bridgehead atoms. The zero-order chi connectivity index (χ0) is 20.1. The van der Waals surface area contributed by atoms with E-state index in [1.54, 1.807) is 0 Å². The number of nitrogens with zero attached hydrogens (tertiary/aromatic N) is 4. The summed E-state index contributed by atoms with van der Waals surface area (Å²) in [7, 11) is 1.92. The zero-order valence-electron chi connectivity index (χ0n) is 17.3. The summed E-state index contributed by atoms with van der Waals surface area (Å²) >= 11 is 0.